The molecule has 0 fully saturated rings. The number of nitrogens with one attached hydrogen (secondary N) is 1. The highest BCUT2D eigenvalue weighted by Crippen LogP contribution is 2.16. The molecule has 1 amide bonds. The lowest BCUT2D eigenvalue weighted by Gasteiger charge is -2.13. The van der Waals surface area contributed by atoms with E-state index in [2.05, 4.69) is 10.3 Å². The number of thiazole rings is 1. The van der Waals surface area contributed by atoms with Crippen LogP contribution in [0.5, 0.6) is 0 Å². The number of amides is 1. The Hall–Kier alpha value is -1.18. The van der Waals surface area contributed by atoms with Crippen molar-refractivity contribution in [2.24, 2.45) is 11.7 Å². The fourth-order valence-corrected chi connectivity index (χ4v) is 2.01. The summed E-state index contributed by atoms with van der Waals surface area (Å²) >= 11 is 1.26. The lowest BCUT2D eigenvalue weighted by Crippen LogP contribution is -2.39. The quantitative estimate of drug-likeness (QED) is 0.776. The van der Waals surface area contributed by atoms with E-state index >= 15 is 0 Å². The fourth-order valence-electron chi connectivity index (χ4n) is 1.30. The number of esters is 1. The summed E-state index contributed by atoms with van der Waals surface area (Å²) in [4.78, 5) is 27.1. The zero-order chi connectivity index (χ0) is 14.4. The van der Waals surface area contributed by atoms with Gasteiger partial charge >= 0.3 is 5.97 Å². The number of hydrogen-bond acceptors (Lipinski definition) is 6. The van der Waals surface area contributed by atoms with E-state index in [9.17, 15) is 9.59 Å². The predicted molar refractivity (Wildman–Crippen MR) is 81.1 cm³/mol. The summed E-state index contributed by atoms with van der Waals surface area (Å²) in [5.74, 6) is -0.546. The van der Waals surface area contributed by atoms with Gasteiger partial charge in [-0.3, -0.25) is 9.59 Å². The summed E-state index contributed by atoms with van der Waals surface area (Å²) in [5, 5.41) is 4.80. The zero-order valence-electron chi connectivity index (χ0n) is 11.7. The molecule has 0 aliphatic rings. The van der Waals surface area contributed by atoms with Gasteiger partial charge in [0.2, 0.25) is 5.91 Å². The Morgan fingerprint density at radius 1 is 1.50 bits per heavy atom. The van der Waals surface area contributed by atoms with Gasteiger partial charge in [-0.1, -0.05) is 13.8 Å². The summed E-state index contributed by atoms with van der Waals surface area (Å²) in [7, 11) is 0. The van der Waals surface area contributed by atoms with E-state index in [-0.39, 0.29) is 36.6 Å². The molecule has 0 unspecified atom stereocenters. The van der Waals surface area contributed by atoms with Gasteiger partial charge in [-0.05, 0) is 12.8 Å². The minimum atomic E-state index is -0.572. The summed E-state index contributed by atoms with van der Waals surface area (Å²) < 4.78 is 4.82. The first-order valence-corrected chi connectivity index (χ1v) is 6.98. The molecule has 1 heterocycles. The van der Waals surface area contributed by atoms with Gasteiger partial charge in [0.15, 0.2) is 5.13 Å². The van der Waals surface area contributed by atoms with Crippen LogP contribution < -0.4 is 11.1 Å². The molecule has 0 saturated heterocycles. The Morgan fingerprint density at radius 2 is 2.15 bits per heavy atom. The number of hydrogen-bond donors (Lipinski definition) is 2. The maximum absolute atomic E-state index is 11.7. The molecule has 114 valence electrons. The van der Waals surface area contributed by atoms with Crippen LogP contribution in [0.2, 0.25) is 0 Å². The van der Waals surface area contributed by atoms with E-state index in [1.54, 1.807) is 12.3 Å². The molecule has 1 aromatic heterocycles. The number of nitrogens with two attached hydrogens (primary N) is 1. The second kappa shape index (κ2) is 8.89. The number of halogens is 1. The molecule has 6 nitrogen and oxygen atoms in total. The largest absolute Gasteiger partial charge is 0.466 e. The summed E-state index contributed by atoms with van der Waals surface area (Å²) in [6.45, 7) is 5.84. The molecule has 0 saturated carbocycles. The van der Waals surface area contributed by atoms with E-state index in [1.807, 2.05) is 13.8 Å². The molecule has 0 aliphatic heterocycles. The number of nitrogens with zero attached hydrogens (tertiary/aromatic N) is 1. The predicted octanol–water partition coefficient (Wildman–Crippen LogP) is 1.59. The molecule has 1 atom stereocenters. The molecular weight excluding hydrogens is 302 g/mol. The Bertz CT molecular complexity index is 451. The molecule has 20 heavy (non-hydrogen) atoms. The number of ether oxygens (including phenoxy) is 1. The fraction of sp³-hybridized carbons (Fsp3) is 0.583. The normalized spacial score (nSPS) is 11.7. The lowest BCUT2D eigenvalue weighted by molar-refractivity contribution is -0.142. The minimum absolute atomic E-state index is 0. The molecule has 0 aromatic carbocycles. The highest BCUT2D eigenvalue weighted by atomic mass is 35.5. The summed E-state index contributed by atoms with van der Waals surface area (Å²) in [5.41, 5.74) is 6.31. The summed E-state index contributed by atoms with van der Waals surface area (Å²) in [6, 6.07) is -0.572. The van der Waals surface area contributed by atoms with Crippen LogP contribution in [0, 0.1) is 5.92 Å². The van der Waals surface area contributed by atoms with Gasteiger partial charge in [0.1, 0.15) is 0 Å². The molecular formula is C12H20ClN3O3S. The van der Waals surface area contributed by atoms with E-state index in [1.165, 1.54) is 11.3 Å². The number of rotatable bonds is 6. The van der Waals surface area contributed by atoms with Gasteiger partial charge in [0.25, 0.3) is 0 Å². The van der Waals surface area contributed by atoms with Crippen LogP contribution >= 0.6 is 23.7 Å². The zero-order valence-corrected chi connectivity index (χ0v) is 13.3. The van der Waals surface area contributed by atoms with Crippen LogP contribution in [-0.2, 0) is 20.7 Å². The van der Waals surface area contributed by atoms with Crippen LogP contribution in [-0.4, -0.2) is 29.5 Å². The third-order valence-electron chi connectivity index (χ3n) is 2.43. The Labute approximate surface area is 128 Å². The third-order valence-corrected chi connectivity index (χ3v) is 3.24. The van der Waals surface area contributed by atoms with Gasteiger partial charge < -0.3 is 15.8 Å². The first-order valence-electron chi connectivity index (χ1n) is 6.10. The van der Waals surface area contributed by atoms with Crippen molar-refractivity contribution in [1.82, 2.24) is 4.98 Å². The first kappa shape index (κ1) is 18.8. The molecule has 3 N–H and O–H groups in total. The van der Waals surface area contributed by atoms with E-state index in [0.29, 0.717) is 17.4 Å². The monoisotopic (exact) mass is 321 g/mol. The Morgan fingerprint density at radius 3 is 2.70 bits per heavy atom. The van der Waals surface area contributed by atoms with Gasteiger partial charge in [0, 0.05) is 5.38 Å². The van der Waals surface area contributed by atoms with Crippen molar-refractivity contribution in [3.8, 4) is 0 Å². The minimum Gasteiger partial charge on any atom is -0.466 e. The molecule has 1 rings (SSSR count). The van der Waals surface area contributed by atoms with Crippen LogP contribution in [0.3, 0.4) is 0 Å². The molecule has 0 spiro atoms. The van der Waals surface area contributed by atoms with Crippen molar-refractivity contribution < 1.29 is 14.3 Å². The average Bonchev–Trinajstić information content (AvgIpc) is 2.75. The van der Waals surface area contributed by atoms with Crippen molar-refractivity contribution in [2.45, 2.75) is 33.2 Å². The van der Waals surface area contributed by atoms with E-state index in [0.717, 1.165) is 0 Å². The first-order chi connectivity index (χ1) is 8.93. The third kappa shape index (κ3) is 5.85. The smallest absolute Gasteiger partial charge is 0.311 e. The number of anilines is 1. The van der Waals surface area contributed by atoms with Gasteiger partial charge in [-0.2, -0.15) is 0 Å². The van der Waals surface area contributed by atoms with E-state index in [4.69, 9.17) is 10.5 Å². The van der Waals surface area contributed by atoms with Crippen molar-refractivity contribution in [2.75, 3.05) is 11.9 Å². The molecule has 0 radical (unpaired) electrons. The SMILES string of the molecule is CCOC(=O)Cc1csc(NC(=O)[C@@H](N)C(C)C)n1.Cl. The van der Waals surface area contributed by atoms with E-state index < -0.39 is 6.04 Å². The maximum atomic E-state index is 11.7. The Balaban J connectivity index is 0.00000361. The van der Waals surface area contributed by atoms with Crippen molar-refractivity contribution in [1.29, 1.82) is 0 Å². The highest BCUT2D eigenvalue weighted by Gasteiger charge is 2.18. The molecule has 0 bridgehead atoms. The van der Waals surface area contributed by atoms with Crippen LogP contribution in [0.25, 0.3) is 0 Å². The number of carbonyl (C=O) groups is 2. The molecule has 0 aliphatic carbocycles. The maximum Gasteiger partial charge on any atom is 0.311 e. The van der Waals surface area contributed by atoms with Crippen LogP contribution in [0.15, 0.2) is 5.38 Å². The van der Waals surface area contributed by atoms with Gasteiger partial charge in [-0.25, -0.2) is 4.98 Å². The topological polar surface area (TPSA) is 94.3 Å². The number of aromatic nitrogens is 1. The second-order valence-corrected chi connectivity index (χ2v) is 5.24. The second-order valence-electron chi connectivity index (χ2n) is 4.38. The van der Waals surface area contributed by atoms with Gasteiger partial charge in [-0.15, -0.1) is 23.7 Å². The lowest BCUT2D eigenvalue weighted by atomic mass is 10.1. The van der Waals surface area contributed by atoms with Crippen LogP contribution in [0.4, 0.5) is 5.13 Å². The number of carbonyl (C=O) groups excluding carboxylic acids is 2. The van der Waals surface area contributed by atoms with Crippen LogP contribution in [0.1, 0.15) is 26.5 Å². The Kier molecular flexibility index (Phi) is 8.36. The highest BCUT2D eigenvalue weighted by molar-refractivity contribution is 7.13. The van der Waals surface area contributed by atoms with Crippen molar-refractivity contribution in [3.05, 3.63) is 11.1 Å². The van der Waals surface area contributed by atoms with Crippen molar-refractivity contribution in [3.63, 3.8) is 0 Å². The summed E-state index contributed by atoms with van der Waals surface area (Å²) in [6.07, 6.45) is 0.108. The molecule has 8 heteroatoms. The van der Waals surface area contributed by atoms with Crippen molar-refractivity contribution >= 4 is 40.8 Å². The molecule has 1 aromatic rings. The van der Waals surface area contributed by atoms with Gasteiger partial charge in [0.05, 0.1) is 24.8 Å². The standard InChI is InChI=1S/C12H19N3O3S.ClH/c1-4-18-9(16)5-8-6-19-12(14-8)15-11(17)10(13)7(2)3;/h6-7,10H,4-5,13H2,1-3H3,(H,14,15,17);1H/t10-;/m0./s1. The average molecular weight is 322 g/mol.